The minimum atomic E-state index is -1.74. The molecule has 2 heterocycles. The number of aromatic nitrogens is 2. The average molecular weight is 909 g/mol. The van der Waals surface area contributed by atoms with Crippen LogP contribution in [0.25, 0.3) is 0 Å². The van der Waals surface area contributed by atoms with Gasteiger partial charge in [0.25, 0.3) is 0 Å². The largest absolute Gasteiger partial charge is 0.480 e. The van der Waals surface area contributed by atoms with Gasteiger partial charge in [-0.1, -0.05) is 34.6 Å². The molecule has 0 radical (unpaired) electrons. The van der Waals surface area contributed by atoms with Gasteiger partial charge >= 0.3 is 5.97 Å². The van der Waals surface area contributed by atoms with Gasteiger partial charge in [-0.05, 0) is 43.9 Å². The highest BCUT2D eigenvalue weighted by Crippen LogP contribution is 2.18. The number of nitrogens with two attached hydrogens (primary N) is 2. The Labute approximate surface area is 369 Å². The Morgan fingerprint density at radius 3 is 1.78 bits per heavy atom. The van der Waals surface area contributed by atoms with Crippen molar-refractivity contribution in [2.45, 2.75) is 128 Å². The van der Waals surface area contributed by atoms with Crippen LogP contribution in [0.1, 0.15) is 78.8 Å². The lowest BCUT2D eigenvalue weighted by molar-refractivity contribution is -0.143. The Hall–Kier alpha value is -6.21. The predicted octanol–water partition coefficient (Wildman–Crippen LogP) is -5.26. The Bertz CT molecular complexity index is 1790. The number of imidazole rings is 1. The summed E-state index contributed by atoms with van der Waals surface area (Å²) in [6.45, 7) is 6.15. The van der Waals surface area contributed by atoms with E-state index >= 15 is 0 Å². The summed E-state index contributed by atoms with van der Waals surface area (Å²) >= 11 is 0. The second-order valence-corrected chi connectivity index (χ2v) is 16.3. The number of aliphatic hydroxyl groups is 2. The molecule has 9 amide bonds. The normalized spacial score (nSPS) is 16.8. The van der Waals surface area contributed by atoms with Gasteiger partial charge in [0.2, 0.25) is 53.2 Å². The molecular formula is C39H64N12O13. The summed E-state index contributed by atoms with van der Waals surface area (Å²) in [6.07, 6.45) is 2.83. The van der Waals surface area contributed by atoms with Crippen LogP contribution in [0.5, 0.6) is 0 Å². The van der Waals surface area contributed by atoms with Gasteiger partial charge in [-0.15, -0.1) is 0 Å². The zero-order chi connectivity index (χ0) is 48.3. The predicted molar refractivity (Wildman–Crippen MR) is 224 cm³/mol. The minimum absolute atomic E-state index is 0.00489. The summed E-state index contributed by atoms with van der Waals surface area (Å²) in [7, 11) is 0. The van der Waals surface area contributed by atoms with E-state index in [0.29, 0.717) is 12.1 Å². The van der Waals surface area contributed by atoms with Gasteiger partial charge in [0, 0.05) is 24.9 Å². The molecular weight excluding hydrogens is 844 g/mol. The fourth-order valence-electron chi connectivity index (χ4n) is 6.57. The first-order valence-corrected chi connectivity index (χ1v) is 21.0. The number of rotatable bonds is 27. The molecule has 1 aliphatic heterocycles. The maximum Gasteiger partial charge on any atom is 0.326 e. The van der Waals surface area contributed by atoms with E-state index < -0.39 is 134 Å². The fraction of sp³-hybridized carbons (Fsp3) is 0.667. The number of primary amides is 1. The van der Waals surface area contributed by atoms with Gasteiger partial charge in [0.1, 0.15) is 42.3 Å². The van der Waals surface area contributed by atoms with E-state index in [0.717, 1.165) is 0 Å². The van der Waals surface area contributed by atoms with Crippen LogP contribution < -0.4 is 48.7 Å². The Morgan fingerprint density at radius 2 is 1.27 bits per heavy atom. The maximum atomic E-state index is 13.6. The number of aliphatic hydroxyl groups excluding tert-OH is 2. The topological polar surface area (TPSA) is 400 Å². The second kappa shape index (κ2) is 26.4. The Kier molecular flexibility index (Phi) is 22.3. The van der Waals surface area contributed by atoms with Crippen LogP contribution in [-0.4, -0.2) is 164 Å². The first-order valence-electron chi connectivity index (χ1n) is 21.0. The van der Waals surface area contributed by atoms with E-state index in [2.05, 4.69) is 47.2 Å². The number of amides is 9. The first-order chi connectivity index (χ1) is 30.1. The molecule has 0 aromatic carbocycles. The highest BCUT2D eigenvalue weighted by molar-refractivity contribution is 5.98. The molecule has 0 spiro atoms. The van der Waals surface area contributed by atoms with Gasteiger partial charge in [-0.3, -0.25) is 43.2 Å². The fourth-order valence-corrected chi connectivity index (χ4v) is 6.57. The third-order valence-corrected chi connectivity index (χ3v) is 10.0. The van der Waals surface area contributed by atoms with Crippen molar-refractivity contribution in [2.75, 3.05) is 26.3 Å². The standard InChI is InChI=1S/C39H64N12O13/c1-6-22(40)32(56)49-27(16-52)36(60)45-23(10-19(2)3)34(58)50-28(17-53)37(61)46-25(13-30(41)54)33(57)43-15-31(55)51-9-7-8-29(51)38(62)47-24(12-21-14-42-18-44-21)35(59)48-26(39(63)64)11-20(4)5/h14,18-20,22-29,52-53H,6-13,15-17,40H2,1-5H3,(H2,41,54)(H,42,44)(H,43,57)(H,45,60)(H,46,61)(H,47,62)(H,48,59)(H,49,56)(H,50,58)(H,63,64)/t22-,23-,24-,25-,26-,27-,28-,29-/m0/s1. The van der Waals surface area contributed by atoms with Crippen LogP contribution in [0.2, 0.25) is 0 Å². The lowest BCUT2D eigenvalue weighted by Gasteiger charge is -2.28. The number of aromatic amines is 1. The number of carboxylic acids is 1. The zero-order valence-corrected chi connectivity index (χ0v) is 36.7. The van der Waals surface area contributed by atoms with E-state index in [9.17, 15) is 63.3 Å². The van der Waals surface area contributed by atoms with Crippen LogP contribution in [-0.2, 0) is 54.4 Å². The molecule has 8 atom stereocenters. The van der Waals surface area contributed by atoms with Crippen molar-refractivity contribution in [1.82, 2.24) is 52.1 Å². The van der Waals surface area contributed by atoms with Gasteiger partial charge in [0.15, 0.2) is 0 Å². The molecule has 1 aromatic rings. The highest BCUT2D eigenvalue weighted by atomic mass is 16.4. The van der Waals surface area contributed by atoms with Crippen molar-refractivity contribution >= 4 is 59.1 Å². The number of carbonyl (C=O) groups excluding carboxylic acids is 9. The van der Waals surface area contributed by atoms with E-state index in [1.807, 2.05) is 0 Å². The van der Waals surface area contributed by atoms with E-state index in [4.69, 9.17) is 11.5 Å². The van der Waals surface area contributed by atoms with Crippen LogP contribution in [0, 0.1) is 11.8 Å². The summed E-state index contributed by atoms with van der Waals surface area (Å²) in [5.74, 6) is -9.70. The number of hydrogen-bond donors (Lipinski definition) is 13. The molecule has 1 aromatic heterocycles. The number of aliphatic carboxylic acids is 1. The van der Waals surface area contributed by atoms with E-state index in [1.54, 1.807) is 34.6 Å². The number of nitrogens with zero attached hydrogens (tertiary/aromatic N) is 2. The Morgan fingerprint density at radius 1 is 0.750 bits per heavy atom. The van der Waals surface area contributed by atoms with Crippen LogP contribution in [0.4, 0.5) is 0 Å². The quantitative estimate of drug-likeness (QED) is 0.0392. The smallest absolute Gasteiger partial charge is 0.326 e. The van der Waals surface area contributed by atoms with E-state index in [1.165, 1.54) is 17.4 Å². The maximum absolute atomic E-state index is 13.6. The third-order valence-electron chi connectivity index (χ3n) is 10.0. The van der Waals surface area contributed by atoms with Gasteiger partial charge in [0.05, 0.1) is 38.5 Å². The van der Waals surface area contributed by atoms with Crippen LogP contribution >= 0.6 is 0 Å². The van der Waals surface area contributed by atoms with Crippen molar-refractivity contribution < 1.29 is 63.3 Å². The molecule has 1 aliphatic rings. The monoisotopic (exact) mass is 908 g/mol. The molecule has 0 saturated carbocycles. The number of likely N-dealkylation sites (tertiary alicyclic amines) is 1. The Balaban J connectivity index is 2.14. The number of hydrogen-bond acceptors (Lipinski definition) is 14. The average Bonchev–Trinajstić information content (AvgIpc) is 3.94. The van der Waals surface area contributed by atoms with Gasteiger partial charge < -0.3 is 73.9 Å². The molecule has 64 heavy (non-hydrogen) atoms. The lowest BCUT2D eigenvalue weighted by atomic mass is 10.0. The summed E-state index contributed by atoms with van der Waals surface area (Å²) in [6, 6.07) is -10.8. The van der Waals surface area contributed by atoms with E-state index in [-0.39, 0.29) is 50.5 Å². The minimum Gasteiger partial charge on any atom is -0.480 e. The van der Waals surface area contributed by atoms with Crippen molar-refractivity contribution in [3.05, 3.63) is 18.2 Å². The summed E-state index contributed by atoms with van der Waals surface area (Å²) in [5, 5.41) is 46.0. The molecule has 0 aliphatic carbocycles. The summed E-state index contributed by atoms with van der Waals surface area (Å²) in [5.41, 5.74) is 11.5. The molecule has 0 unspecified atom stereocenters. The molecule has 15 N–H and O–H groups in total. The van der Waals surface area contributed by atoms with Crippen molar-refractivity contribution in [3.63, 3.8) is 0 Å². The molecule has 358 valence electrons. The lowest BCUT2D eigenvalue weighted by Crippen LogP contribution is -2.60. The summed E-state index contributed by atoms with van der Waals surface area (Å²) < 4.78 is 0. The van der Waals surface area contributed by atoms with Gasteiger partial charge in [-0.25, -0.2) is 9.78 Å². The van der Waals surface area contributed by atoms with Crippen molar-refractivity contribution in [3.8, 4) is 0 Å². The molecule has 1 fully saturated rings. The second-order valence-electron chi connectivity index (χ2n) is 16.3. The number of carboxylic acid groups (broad SMARTS) is 1. The SMILES string of the molecule is CC[C@H](N)C(=O)N[C@@H](CO)C(=O)N[C@@H](CC(C)C)C(=O)N[C@@H](CO)C(=O)N[C@@H](CC(N)=O)C(=O)NCC(=O)N1CCC[C@H]1C(=O)N[C@@H](Cc1cnc[nH]1)C(=O)N[C@@H](CC(C)C)C(=O)O. The molecule has 2 rings (SSSR count). The van der Waals surface area contributed by atoms with Gasteiger partial charge in [-0.2, -0.15) is 0 Å². The van der Waals surface area contributed by atoms with Crippen molar-refractivity contribution in [1.29, 1.82) is 0 Å². The zero-order valence-electron chi connectivity index (χ0n) is 36.7. The molecule has 1 saturated heterocycles. The van der Waals surface area contributed by atoms with Crippen LogP contribution in [0.15, 0.2) is 12.5 Å². The molecule has 0 bridgehead atoms. The van der Waals surface area contributed by atoms with Crippen LogP contribution in [0.3, 0.4) is 0 Å². The number of H-pyrrole nitrogens is 1. The number of carbonyl (C=O) groups is 10. The number of nitrogens with one attached hydrogen (secondary N) is 8. The first kappa shape index (κ1) is 53.9. The third kappa shape index (κ3) is 17.5. The van der Waals surface area contributed by atoms with Crippen molar-refractivity contribution in [2.24, 2.45) is 23.3 Å². The molecule has 25 heteroatoms. The highest BCUT2D eigenvalue weighted by Gasteiger charge is 2.38. The molecule has 25 nitrogen and oxygen atoms in total. The summed E-state index contributed by atoms with van der Waals surface area (Å²) in [4.78, 5) is 137.